The molecule has 1 amide bonds. The van der Waals surface area contributed by atoms with Gasteiger partial charge in [-0.3, -0.25) is 0 Å². The number of nitrogens with zero attached hydrogens (tertiary/aromatic N) is 2. The van der Waals surface area contributed by atoms with E-state index in [9.17, 15) is 4.79 Å². The second-order valence-electron chi connectivity index (χ2n) is 4.45. The quantitative estimate of drug-likeness (QED) is 0.722. The lowest BCUT2D eigenvalue weighted by molar-refractivity contribution is 0.0535. The Hall–Kier alpha value is -2.29. The molecule has 0 unspecified atom stereocenters. The van der Waals surface area contributed by atoms with Crippen LogP contribution in [0.5, 0.6) is 0 Å². The Morgan fingerprint density at radius 1 is 1.44 bits per heavy atom. The molecule has 1 heterocycles. The monoisotopic (exact) mass is 248 g/mol. The summed E-state index contributed by atoms with van der Waals surface area (Å²) >= 11 is 0. The van der Waals surface area contributed by atoms with Gasteiger partial charge in [0.2, 0.25) is 0 Å². The van der Waals surface area contributed by atoms with Gasteiger partial charge in [0.15, 0.2) is 11.5 Å². The zero-order chi connectivity index (χ0) is 13.6. The molecule has 18 heavy (non-hydrogen) atoms. The van der Waals surface area contributed by atoms with Crippen molar-refractivity contribution in [2.24, 2.45) is 0 Å². The summed E-state index contributed by atoms with van der Waals surface area (Å²) in [6.07, 6.45) is 2.48. The highest BCUT2D eigenvalue weighted by Crippen LogP contribution is 2.06. The first-order valence-electron chi connectivity index (χ1n) is 5.41. The number of anilines is 1. The zero-order valence-corrected chi connectivity index (χ0v) is 10.7. The van der Waals surface area contributed by atoms with E-state index < -0.39 is 11.7 Å². The van der Waals surface area contributed by atoms with Gasteiger partial charge >= 0.3 is 6.09 Å². The number of amides is 1. The SMILES string of the molecule is CC(C)(C)OC(=O)NCC#Cc1nccnc1N. The van der Waals surface area contributed by atoms with E-state index >= 15 is 0 Å². The number of alkyl carbamates (subject to hydrolysis) is 1. The Balaban J connectivity index is 2.44. The zero-order valence-electron chi connectivity index (χ0n) is 10.7. The van der Waals surface area contributed by atoms with Crippen LogP contribution in [0.25, 0.3) is 0 Å². The Morgan fingerprint density at radius 2 is 2.11 bits per heavy atom. The van der Waals surface area contributed by atoms with E-state index in [1.807, 2.05) is 0 Å². The second kappa shape index (κ2) is 5.87. The van der Waals surface area contributed by atoms with E-state index in [1.54, 1.807) is 20.8 Å². The summed E-state index contributed by atoms with van der Waals surface area (Å²) in [4.78, 5) is 19.1. The van der Waals surface area contributed by atoms with Gasteiger partial charge in [-0.15, -0.1) is 0 Å². The minimum Gasteiger partial charge on any atom is -0.444 e. The van der Waals surface area contributed by atoms with E-state index in [1.165, 1.54) is 12.4 Å². The average molecular weight is 248 g/mol. The summed E-state index contributed by atoms with van der Waals surface area (Å²) in [5, 5.41) is 2.51. The van der Waals surface area contributed by atoms with Crippen molar-refractivity contribution in [2.45, 2.75) is 26.4 Å². The Morgan fingerprint density at radius 3 is 2.72 bits per heavy atom. The molecule has 6 heteroatoms. The van der Waals surface area contributed by atoms with Crippen LogP contribution >= 0.6 is 0 Å². The summed E-state index contributed by atoms with van der Waals surface area (Å²) in [5.74, 6) is 5.69. The number of carbonyl (C=O) groups excluding carboxylic acids is 1. The molecule has 0 radical (unpaired) electrons. The van der Waals surface area contributed by atoms with Gasteiger partial charge in [0.25, 0.3) is 0 Å². The molecule has 1 aromatic rings. The highest BCUT2D eigenvalue weighted by atomic mass is 16.6. The Kier molecular flexibility index (Phi) is 4.49. The standard InChI is InChI=1S/C12H16N4O2/c1-12(2,3)18-11(17)16-6-4-5-9-10(13)15-8-7-14-9/h7-8H,6H2,1-3H3,(H2,13,15)(H,16,17). The summed E-state index contributed by atoms with van der Waals surface area (Å²) in [6, 6.07) is 0. The van der Waals surface area contributed by atoms with Crippen molar-refractivity contribution in [3.8, 4) is 11.8 Å². The number of nitrogens with two attached hydrogens (primary N) is 1. The van der Waals surface area contributed by atoms with Gasteiger partial charge in [0.05, 0.1) is 6.54 Å². The van der Waals surface area contributed by atoms with Gasteiger partial charge in [-0.2, -0.15) is 0 Å². The lowest BCUT2D eigenvalue weighted by atomic mass is 10.2. The van der Waals surface area contributed by atoms with Crippen LogP contribution in [0, 0.1) is 11.8 Å². The largest absolute Gasteiger partial charge is 0.444 e. The van der Waals surface area contributed by atoms with E-state index in [2.05, 4.69) is 27.1 Å². The molecule has 0 fully saturated rings. The predicted molar refractivity (Wildman–Crippen MR) is 67.6 cm³/mol. The van der Waals surface area contributed by atoms with Gasteiger partial charge in [-0.05, 0) is 26.7 Å². The van der Waals surface area contributed by atoms with Crippen molar-refractivity contribution in [1.29, 1.82) is 0 Å². The number of nitrogen functional groups attached to an aromatic ring is 1. The van der Waals surface area contributed by atoms with Gasteiger partial charge in [0, 0.05) is 12.4 Å². The van der Waals surface area contributed by atoms with Crippen LogP contribution in [0.2, 0.25) is 0 Å². The maximum atomic E-state index is 11.3. The maximum absolute atomic E-state index is 11.3. The molecule has 0 aliphatic carbocycles. The third kappa shape index (κ3) is 5.16. The van der Waals surface area contributed by atoms with E-state index in [0.717, 1.165) is 0 Å². The summed E-state index contributed by atoms with van der Waals surface area (Å²) < 4.78 is 5.04. The molecule has 1 rings (SSSR count). The fourth-order valence-corrected chi connectivity index (χ4v) is 1.00. The van der Waals surface area contributed by atoms with Crippen LogP contribution in [0.15, 0.2) is 12.4 Å². The number of hydrogen-bond acceptors (Lipinski definition) is 5. The third-order valence-corrected chi connectivity index (χ3v) is 1.65. The molecule has 0 atom stereocenters. The predicted octanol–water partition coefficient (Wildman–Crippen LogP) is 0.935. The van der Waals surface area contributed by atoms with Crippen molar-refractivity contribution in [1.82, 2.24) is 15.3 Å². The van der Waals surface area contributed by atoms with Gasteiger partial charge in [-0.1, -0.05) is 5.92 Å². The molecule has 0 aliphatic rings. The van der Waals surface area contributed by atoms with Gasteiger partial charge in [0.1, 0.15) is 5.60 Å². The minimum absolute atomic E-state index is 0.158. The number of ether oxygens (including phenoxy) is 1. The summed E-state index contributed by atoms with van der Waals surface area (Å²) in [5.41, 5.74) is 5.43. The molecule has 0 aliphatic heterocycles. The number of nitrogens with one attached hydrogen (secondary N) is 1. The van der Waals surface area contributed by atoms with E-state index in [-0.39, 0.29) is 12.4 Å². The molecule has 0 bridgehead atoms. The fourth-order valence-electron chi connectivity index (χ4n) is 1.00. The van der Waals surface area contributed by atoms with E-state index in [0.29, 0.717) is 5.69 Å². The molecule has 0 spiro atoms. The average Bonchev–Trinajstić information content (AvgIpc) is 2.24. The molecule has 1 aromatic heterocycles. The molecule has 96 valence electrons. The molecule has 0 saturated carbocycles. The smallest absolute Gasteiger partial charge is 0.408 e. The highest BCUT2D eigenvalue weighted by molar-refractivity contribution is 5.68. The normalized spacial score (nSPS) is 10.2. The van der Waals surface area contributed by atoms with Crippen LogP contribution in [-0.2, 0) is 4.74 Å². The van der Waals surface area contributed by atoms with Crippen molar-refractivity contribution in [3.63, 3.8) is 0 Å². The van der Waals surface area contributed by atoms with Crippen LogP contribution in [0.4, 0.5) is 10.6 Å². The van der Waals surface area contributed by atoms with Crippen LogP contribution in [0.1, 0.15) is 26.5 Å². The topological polar surface area (TPSA) is 90.1 Å². The Labute approximate surface area is 106 Å². The fraction of sp³-hybridized carbons (Fsp3) is 0.417. The first kappa shape index (κ1) is 13.8. The number of aromatic nitrogens is 2. The van der Waals surface area contributed by atoms with Crippen LogP contribution in [0.3, 0.4) is 0 Å². The molecule has 0 saturated heterocycles. The van der Waals surface area contributed by atoms with Gasteiger partial charge < -0.3 is 15.8 Å². The van der Waals surface area contributed by atoms with E-state index in [4.69, 9.17) is 10.5 Å². The number of carbonyl (C=O) groups is 1. The lowest BCUT2D eigenvalue weighted by Gasteiger charge is -2.18. The molecule has 3 N–H and O–H groups in total. The highest BCUT2D eigenvalue weighted by Gasteiger charge is 2.14. The Bertz CT molecular complexity index is 483. The number of hydrogen-bond donors (Lipinski definition) is 2. The third-order valence-electron chi connectivity index (χ3n) is 1.65. The van der Waals surface area contributed by atoms with Crippen molar-refractivity contribution in [2.75, 3.05) is 12.3 Å². The minimum atomic E-state index is -0.521. The van der Waals surface area contributed by atoms with Crippen LogP contribution < -0.4 is 11.1 Å². The first-order chi connectivity index (χ1) is 8.38. The molecule has 6 nitrogen and oxygen atoms in total. The molecular formula is C12H16N4O2. The van der Waals surface area contributed by atoms with Gasteiger partial charge in [-0.25, -0.2) is 14.8 Å². The van der Waals surface area contributed by atoms with Crippen LogP contribution in [-0.4, -0.2) is 28.2 Å². The number of rotatable bonds is 1. The lowest BCUT2D eigenvalue weighted by Crippen LogP contribution is -2.32. The van der Waals surface area contributed by atoms with Crippen molar-refractivity contribution < 1.29 is 9.53 Å². The first-order valence-corrected chi connectivity index (χ1v) is 5.41. The summed E-state index contributed by atoms with van der Waals surface area (Å²) in [6.45, 7) is 5.53. The molecular weight excluding hydrogens is 232 g/mol. The summed E-state index contributed by atoms with van der Waals surface area (Å²) in [7, 11) is 0. The second-order valence-corrected chi connectivity index (χ2v) is 4.45. The van der Waals surface area contributed by atoms with Crippen molar-refractivity contribution in [3.05, 3.63) is 18.1 Å². The maximum Gasteiger partial charge on any atom is 0.408 e. The molecule has 0 aromatic carbocycles. The van der Waals surface area contributed by atoms with Crippen molar-refractivity contribution >= 4 is 11.9 Å².